The van der Waals surface area contributed by atoms with Crippen LogP contribution in [0.5, 0.6) is 5.75 Å². The first-order valence-corrected chi connectivity index (χ1v) is 24.0. The molecule has 0 bridgehead atoms. The number of amides is 2. The molecule has 4 aliphatic rings. The number of rotatable bonds is 17. The van der Waals surface area contributed by atoms with Crippen LogP contribution in [0, 0.1) is 0 Å². The van der Waals surface area contributed by atoms with E-state index in [1.54, 1.807) is 66.7 Å². The Morgan fingerprint density at radius 2 is 1.55 bits per heavy atom. The van der Waals surface area contributed by atoms with Crippen LogP contribution in [0.2, 0.25) is 0 Å². The van der Waals surface area contributed by atoms with E-state index in [1.807, 2.05) is 0 Å². The number of carboxylic acid groups (broad SMARTS) is 1. The van der Waals surface area contributed by atoms with Crippen molar-refractivity contribution in [2.45, 2.75) is 37.7 Å². The normalized spacial score (nSPS) is 15.8. The Bertz CT molecular complexity index is 3610. The lowest BCUT2D eigenvalue weighted by atomic mass is 9.83. The predicted molar refractivity (Wildman–Crippen MR) is 276 cm³/mol. The number of aliphatic hydroxyl groups is 2. The summed E-state index contributed by atoms with van der Waals surface area (Å²) in [5.41, 5.74) is 0.955. The Morgan fingerprint density at radius 3 is 2.31 bits per heavy atom. The minimum Gasteiger partial charge on any atom is -0.508 e. The highest BCUT2D eigenvalue weighted by Gasteiger charge is 2.36. The molecule has 0 unspecified atom stereocenters. The quantitative estimate of drug-likeness (QED) is 0.0467. The number of hydrogen-bond acceptors (Lipinski definition) is 15. The van der Waals surface area contributed by atoms with E-state index in [-0.39, 0.29) is 118 Å². The van der Waals surface area contributed by atoms with Crippen molar-refractivity contribution < 1.29 is 53.6 Å². The summed E-state index contributed by atoms with van der Waals surface area (Å²) in [7, 11) is 0. The summed E-state index contributed by atoms with van der Waals surface area (Å²) in [6.07, 6.45) is -2.47. The van der Waals surface area contributed by atoms with Gasteiger partial charge in [0.15, 0.2) is 22.1 Å². The summed E-state index contributed by atoms with van der Waals surface area (Å²) in [4.78, 5) is 108. The molecule has 9 rings (SSSR count). The van der Waals surface area contributed by atoms with Crippen LogP contribution in [-0.2, 0) is 20.7 Å². The third-order valence-corrected chi connectivity index (χ3v) is 13.1. The minimum atomic E-state index is -1.27. The molecule has 2 amide bonds. The molecule has 0 radical (unpaired) electrons. The van der Waals surface area contributed by atoms with Gasteiger partial charge in [-0.1, -0.05) is 42.5 Å². The fourth-order valence-electron chi connectivity index (χ4n) is 9.24. The number of aromatic amines is 1. The van der Waals surface area contributed by atoms with Crippen molar-refractivity contribution >= 4 is 69.0 Å². The fourth-order valence-corrected chi connectivity index (χ4v) is 9.46. The molecule has 5 aromatic rings. The molecule has 3 heterocycles. The molecule has 75 heavy (non-hydrogen) atoms. The van der Waals surface area contributed by atoms with Crippen molar-refractivity contribution in [3.63, 3.8) is 0 Å². The van der Waals surface area contributed by atoms with E-state index in [1.165, 1.54) is 35.2 Å². The summed E-state index contributed by atoms with van der Waals surface area (Å²) < 4.78 is 12.5. The summed E-state index contributed by atoms with van der Waals surface area (Å²) in [6.45, 7) is -0.439. The zero-order chi connectivity index (χ0) is 53.1. The number of aromatic carboxylic acids is 1. The molecule has 4 aromatic carbocycles. The zero-order valence-electron chi connectivity index (χ0n) is 39.6. The van der Waals surface area contributed by atoms with E-state index in [0.29, 0.717) is 39.0 Å². The summed E-state index contributed by atoms with van der Waals surface area (Å²) in [5, 5.41) is 52.6. The Kier molecular flexibility index (Phi) is 14.8. The van der Waals surface area contributed by atoms with E-state index in [2.05, 4.69) is 26.3 Å². The second kappa shape index (κ2) is 21.7. The molecule has 2 aliphatic carbocycles. The number of hydrogen-bond donors (Lipinski definition) is 9. The molecular weight excluding hydrogens is 991 g/mol. The number of carbonyl (C=O) groups excluding carboxylic acids is 4. The average Bonchev–Trinajstić information content (AvgIpc) is 3.80. The molecule has 384 valence electrons. The van der Waals surface area contributed by atoms with Crippen LogP contribution in [0.1, 0.15) is 66.8 Å². The summed E-state index contributed by atoms with van der Waals surface area (Å²) in [6, 6.07) is 24.5. The van der Waals surface area contributed by atoms with Gasteiger partial charge in [0.25, 0.3) is 5.56 Å². The van der Waals surface area contributed by atoms with Crippen LogP contribution in [-0.4, -0.2) is 121 Å². The SMILES string of the molecule is O=C(Cc1cn([C@H]2C[C@H](O)[C@@H](CO)O2)c(=O)[nH]c1=O)NCCN(CCNc1cccc2c1C(=O)c1ccccc1C2=O)C(=O)CCNC(=S)Nc1ccc(-c2c3ccc(=O)cc-3oc3cc(O)ccc23)c(C(=O)O)c1. The van der Waals surface area contributed by atoms with E-state index < -0.39 is 54.6 Å². The fraction of sp³-hybridized carbons (Fsp3) is 0.226. The number of ether oxygens (including phenoxy) is 1. The van der Waals surface area contributed by atoms with Gasteiger partial charge in [-0.15, -0.1) is 0 Å². The lowest BCUT2D eigenvalue weighted by Crippen LogP contribution is -2.43. The van der Waals surface area contributed by atoms with Crippen LogP contribution in [0.25, 0.3) is 33.4 Å². The number of H-pyrrole nitrogens is 1. The number of carbonyl (C=O) groups is 5. The van der Waals surface area contributed by atoms with Crippen molar-refractivity contribution in [2.75, 3.05) is 50.0 Å². The smallest absolute Gasteiger partial charge is 0.336 e. The number of fused-ring (bicyclic) bond motifs is 4. The van der Waals surface area contributed by atoms with Gasteiger partial charge in [-0.05, 0) is 60.2 Å². The highest BCUT2D eigenvalue weighted by molar-refractivity contribution is 7.80. The molecule has 2 aliphatic heterocycles. The molecular formula is C53H47N7O14S. The van der Waals surface area contributed by atoms with Gasteiger partial charge in [0.2, 0.25) is 11.8 Å². The van der Waals surface area contributed by atoms with E-state index in [4.69, 9.17) is 21.4 Å². The molecule has 0 spiro atoms. The molecule has 3 atom stereocenters. The maximum Gasteiger partial charge on any atom is 0.336 e. The Labute approximate surface area is 429 Å². The molecule has 9 N–H and O–H groups in total. The number of anilines is 2. The van der Waals surface area contributed by atoms with Crippen LogP contribution in [0.15, 0.2) is 122 Å². The second-order valence-corrected chi connectivity index (χ2v) is 18.1. The number of thiocarbonyl (C=S) groups is 1. The van der Waals surface area contributed by atoms with Crippen LogP contribution < -0.4 is 37.9 Å². The van der Waals surface area contributed by atoms with E-state index in [9.17, 15) is 58.8 Å². The summed E-state index contributed by atoms with van der Waals surface area (Å²) >= 11 is 5.54. The topological polar surface area (TPSA) is 312 Å². The molecule has 1 saturated heterocycles. The predicted octanol–water partition coefficient (Wildman–Crippen LogP) is 3.21. The summed E-state index contributed by atoms with van der Waals surface area (Å²) in [5.74, 6) is -2.81. The number of nitrogens with one attached hydrogen (secondary N) is 5. The van der Waals surface area contributed by atoms with Crippen molar-refractivity contribution in [1.29, 1.82) is 0 Å². The first-order chi connectivity index (χ1) is 36.1. The maximum atomic E-state index is 13.9. The molecule has 22 heteroatoms. The largest absolute Gasteiger partial charge is 0.508 e. The van der Waals surface area contributed by atoms with Gasteiger partial charge in [-0.25, -0.2) is 9.59 Å². The van der Waals surface area contributed by atoms with E-state index >= 15 is 0 Å². The molecule has 1 fully saturated rings. The Hall–Kier alpha value is -8.83. The zero-order valence-corrected chi connectivity index (χ0v) is 40.4. The first kappa shape index (κ1) is 51.1. The first-order valence-electron chi connectivity index (χ1n) is 23.6. The van der Waals surface area contributed by atoms with Crippen molar-refractivity contribution in [3.05, 3.63) is 168 Å². The number of carboxylic acids is 1. The maximum absolute atomic E-state index is 13.9. The van der Waals surface area contributed by atoms with Gasteiger partial charge in [0.05, 0.1) is 30.3 Å². The average molecular weight is 1040 g/mol. The standard InChI is InChI=1S/C53H47N7O14S/c61-26-42-39(64)24-45(74-42)60-25-27(50(69)58-53(60)72)20-43(65)55-17-19-59(18-16-54-38-7-3-6-36-47(38)49(68)33-5-2-1-4-32(33)48(36)67)44(66)14-15-56-52(75)57-28-8-11-31(37(21-28)51(70)71)46-34-12-9-29(62)22-40(34)73-41-23-30(63)10-13-35(41)46/h1-13,21-23,25,39,42,45,54,61-62,64H,14-20,24,26H2,(H,55,65)(H,70,71)(H2,56,57,75)(H,58,69,72)/t39-,42+,45+/m0/s1. The highest BCUT2D eigenvalue weighted by atomic mass is 32.1. The van der Waals surface area contributed by atoms with Gasteiger partial charge < -0.3 is 55.7 Å². The van der Waals surface area contributed by atoms with Crippen LogP contribution in [0.4, 0.5) is 11.4 Å². The van der Waals surface area contributed by atoms with Gasteiger partial charge in [0, 0.05) is 114 Å². The number of phenols is 1. The van der Waals surface area contributed by atoms with Gasteiger partial charge in [-0.3, -0.25) is 38.3 Å². The van der Waals surface area contributed by atoms with Crippen molar-refractivity contribution in [3.8, 4) is 28.2 Å². The minimum absolute atomic E-state index is 0.00631. The highest BCUT2D eigenvalue weighted by Crippen LogP contribution is 2.42. The van der Waals surface area contributed by atoms with Crippen molar-refractivity contribution in [1.82, 2.24) is 25.1 Å². The molecule has 21 nitrogen and oxygen atoms in total. The van der Waals surface area contributed by atoms with E-state index in [0.717, 1.165) is 10.8 Å². The van der Waals surface area contributed by atoms with Crippen molar-refractivity contribution in [2.24, 2.45) is 0 Å². The number of phenolic OH excluding ortho intramolecular Hbond substituents is 1. The Morgan fingerprint density at radius 1 is 0.800 bits per heavy atom. The van der Waals surface area contributed by atoms with Gasteiger partial charge in [0.1, 0.15) is 29.4 Å². The Balaban J connectivity index is 0.869. The van der Waals surface area contributed by atoms with Crippen LogP contribution in [0.3, 0.4) is 0 Å². The van der Waals surface area contributed by atoms with Crippen LogP contribution >= 0.6 is 12.2 Å². The number of ketones is 2. The molecule has 1 aromatic heterocycles. The number of aliphatic hydroxyl groups excluding tert-OH is 2. The number of benzene rings is 5. The number of aromatic hydroxyl groups is 1. The lowest BCUT2D eigenvalue weighted by Gasteiger charge is -2.25. The monoisotopic (exact) mass is 1040 g/mol. The van der Waals surface area contributed by atoms with Gasteiger partial charge >= 0.3 is 11.7 Å². The number of nitrogens with zero attached hydrogens (tertiary/aromatic N) is 2. The molecule has 0 saturated carbocycles. The lowest BCUT2D eigenvalue weighted by molar-refractivity contribution is -0.131. The second-order valence-electron chi connectivity index (χ2n) is 17.7. The third kappa shape index (κ3) is 10.8. The van der Waals surface area contributed by atoms with Gasteiger partial charge in [-0.2, -0.15) is 0 Å². The third-order valence-electron chi connectivity index (χ3n) is 12.9. The number of aromatic nitrogens is 2.